The van der Waals surface area contributed by atoms with Crippen molar-refractivity contribution in [2.75, 3.05) is 32.7 Å². The summed E-state index contributed by atoms with van der Waals surface area (Å²) >= 11 is 0. The molecule has 2 aliphatic heterocycles. The Kier molecular flexibility index (Phi) is 8.49. The molecule has 3 aromatic rings. The lowest BCUT2D eigenvalue weighted by Crippen LogP contribution is -2.43. The van der Waals surface area contributed by atoms with Crippen molar-refractivity contribution in [2.45, 2.75) is 69.9 Å². The van der Waals surface area contributed by atoms with Crippen LogP contribution in [0.25, 0.3) is 11.0 Å². The maximum Gasteiger partial charge on any atom is 0.320 e. The number of hydrogen-bond acceptors (Lipinski definition) is 4. The van der Waals surface area contributed by atoms with Gasteiger partial charge in [-0.2, -0.15) is 0 Å². The lowest BCUT2D eigenvalue weighted by molar-refractivity contribution is -0.144. The smallest absolute Gasteiger partial charge is 0.320 e. The summed E-state index contributed by atoms with van der Waals surface area (Å²) in [4.78, 5) is 21.6. The first-order valence-electron chi connectivity index (χ1n) is 15.4. The van der Waals surface area contributed by atoms with Crippen LogP contribution in [-0.4, -0.2) is 69.2 Å². The third kappa shape index (κ3) is 6.26. The summed E-state index contributed by atoms with van der Waals surface area (Å²) in [6.07, 6.45) is 11.1. The van der Waals surface area contributed by atoms with Crippen LogP contribution >= 0.6 is 0 Å². The molecule has 6 rings (SSSR count). The monoisotopic (exact) mass is 546 g/mol. The molecule has 40 heavy (non-hydrogen) atoms. The van der Waals surface area contributed by atoms with Crippen molar-refractivity contribution in [1.82, 2.24) is 19.4 Å². The van der Waals surface area contributed by atoms with Crippen LogP contribution in [-0.2, 0) is 11.3 Å². The topological polar surface area (TPSA) is 61.6 Å². The normalized spacial score (nSPS) is 23.9. The van der Waals surface area contributed by atoms with Crippen LogP contribution in [0.5, 0.6) is 0 Å². The minimum atomic E-state index is -0.699. The molecule has 2 saturated heterocycles. The molecule has 6 nitrogen and oxygen atoms in total. The summed E-state index contributed by atoms with van der Waals surface area (Å²) in [7, 11) is 0. The zero-order valence-corrected chi connectivity index (χ0v) is 23.5. The zero-order valence-electron chi connectivity index (χ0n) is 23.5. The van der Waals surface area contributed by atoms with E-state index in [1.54, 1.807) is 12.1 Å². The molecule has 2 aromatic carbocycles. The summed E-state index contributed by atoms with van der Waals surface area (Å²) in [6, 6.07) is 14.9. The molecular formula is C33H43FN4O2. The number of benzene rings is 2. The summed E-state index contributed by atoms with van der Waals surface area (Å²) in [6.45, 7) is 5.65. The number of likely N-dealkylation sites (tertiary alicyclic amines) is 2. The van der Waals surface area contributed by atoms with Gasteiger partial charge < -0.3 is 14.6 Å². The number of fused-ring (bicyclic) bond motifs is 1. The Morgan fingerprint density at radius 2 is 1.85 bits per heavy atom. The molecule has 0 radical (unpaired) electrons. The summed E-state index contributed by atoms with van der Waals surface area (Å²) < 4.78 is 16.5. The molecule has 3 atom stereocenters. The summed E-state index contributed by atoms with van der Waals surface area (Å²) in [5.74, 6) is 0.875. The predicted molar refractivity (Wildman–Crippen MR) is 156 cm³/mol. The van der Waals surface area contributed by atoms with Gasteiger partial charge in [0.2, 0.25) is 0 Å². The molecule has 0 bridgehead atoms. The number of para-hydroxylation sites is 2. The van der Waals surface area contributed by atoms with E-state index in [9.17, 15) is 14.3 Å². The molecule has 0 spiro atoms. The van der Waals surface area contributed by atoms with Crippen LogP contribution in [0.3, 0.4) is 0 Å². The van der Waals surface area contributed by atoms with Gasteiger partial charge in [0.15, 0.2) is 0 Å². The zero-order chi connectivity index (χ0) is 27.5. The fourth-order valence-corrected chi connectivity index (χ4v) is 7.44. The summed E-state index contributed by atoms with van der Waals surface area (Å²) in [5.41, 5.74) is 3.30. The van der Waals surface area contributed by atoms with E-state index in [4.69, 9.17) is 0 Å². The first kappa shape index (κ1) is 27.4. The van der Waals surface area contributed by atoms with Gasteiger partial charge in [-0.05, 0) is 92.8 Å². The van der Waals surface area contributed by atoms with Gasteiger partial charge in [-0.1, -0.05) is 43.5 Å². The molecular weight excluding hydrogens is 503 g/mol. The van der Waals surface area contributed by atoms with Gasteiger partial charge in [-0.15, -0.1) is 0 Å². The first-order valence-corrected chi connectivity index (χ1v) is 15.4. The fraction of sp³-hybridized carbons (Fsp3) is 0.576. The Balaban J connectivity index is 1.04. The highest BCUT2D eigenvalue weighted by Gasteiger charge is 2.41. The molecule has 3 fully saturated rings. The van der Waals surface area contributed by atoms with Crippen molar-refractivity contribution in [2.24, 2.45) is 17.8 Å². The minimum Gasteiger partial charge on any atom is -0.480 e. The van der Waals surface area contributed by atoms with Gasteiger partial charge in [0.1, 0.15) is 11.9 Å². The molecule has 214 valence electrons. The number of carboxylic acids is 1. The van der Waals surface area contributed by atoms with Crippen LogP contribution in [0.4, 0.5) is 4.39 Å². The number of halogens is 1. The quantitative estimate of drug-likeness (QED) is 0.318. The Bertz CT molecular complexity index is 1280. The van der Waals surface area contributed by atoms with Crippen molar-refractivity contribution >= 4 is 17.0 Å². The lowest BCUT2D eigenvalue weighted by Gasteiger charge is -2.35. The van der Waals surface area contributed by atoms with E-state index in [0.29, 0.717) is 18.4 Å². The van der Waals surface area contributed by atoms with Crippen LogP contribution in [0.1, 0.15) is 62.8 Å². The Morgan fingerprint density at radius 1 is 1.02 bits per heavy atom. The molecule has 1 saturated carbocycles. The predicted octanol–water partition coefficient (Wildman–Crippen LogP) is 6.03. The Labute approximate surface area is 237 Å². The number of hydrogen-bond donors (Lipinski definition) is 1. The highest BCUT2D eigenvalue weighted by Crippen LogP contribution is 2.38. The van der Waals surface area contributed by atoms with Crippen molar-refractivity contribution in [3.05, 3.63) is 66.2 Å². The number of rotatable bonds is 11. The highest BCUT2D eigenvalue weighted by atomic mass is 19.1. The first-order chi connectivity index (χ1) is 19.5. The number of aryl methyl sites for hydroxylation is 1. The molecule has 1 N–H and O–H groups in total. The molecule has 1 unspecified atom stereocenters. The maximum atomic E-state index is 14.2. The second-order valence-corrected chi connectivity index (χ2v) is 12.6. The van der Waals surface area contributed by atoms with Crippen molar-refractivity contribution in [3.63, 3.8) is 0 Å². The summed E-state index contributed by atoms with van der Waals surface area (Å²) in [5, 5.41) is 10.1. The van der Waals surface area contributed by atoms with Gasteiger partial charge >= 0.3 is 5.97 Å². The average molecular weight is 547 g/mol. The van der Waals surface area contributed by atoms with Gasteiger partial charge in [-0.25, -0.2) is 9.37 Å². The van der Waals surface area contributed by atoms with E-state index in [2.05, 4.69) is 37.5 Å². The Hall–Kier alpha value is -2.77. The minimum absolute atomic E-state index is 0.168. The van der Waals surface area contributed by atoms with Gasteiger partial charge in [0.05, 0.1) is 17.4 Å². The van der Waals surface area contributed by atoms with E-state index in [1.165, 1.54) is 43.7 Å². The number of carbonyl (C=O) groups is 1. The maximum absolute atomic E-state index is 14.2. The number of imidazole rings is 1. The number of nitrogens with zero attached hydrogens (tertiary/aromatic N) is 4. The van der Waals surface area contributed by atoms with Gasteiger partial charge in [0.25, 0.3) is 0 Å². The largest absolute Gasteiger partial charge is 0.480 e. The van der Waals surface area contributed by atoms with Crippen LogP contribution < -0.4 is 0 Å². The van der Waals surface area contributed by atoms with Crippen LogP contribution in [0, 0.1) is 23.6 Å². The highest BCUT2D eigenvalue weighted by molar-refractivity contribution is 5.75. The van der Waals surface area contributed by atoms with Crippen molar-refractivity contribution in [1.29, 1.82) is 0 Å². The van der Waals surface area contributed by atoms with Gasteiger partial charge in [-0.3, -0.25) is 9.69 Å². The molecule has 1 aromatic heterocycles. The van der Waals surface area contributed by atoms with Crippen molar-refractivity contribution < 1.29 is 14.3 Å². The average Bonchev–Trinajstić information content (AvgIpc) is 3.53. The number of aliphatic carboxylic acids is 1. The number of aromatic nitrogens is 2. The second-order valence-electron chi connectivity index (χ2n) is 12.6. The lowest BCUT2D eigenvalue weighted by atomic mass is 9.80. The Morgan fingerprint density at radius 3 is 2.60 bits per heavy atom. The van der Waals surface area contributed by atoms with E-state index in [-0.39, 0.29) is 11.7 Å². The van der Waals surface area contributed by atoms with Crippen molar-refractivity contribution in [3.8, 4) is 0 Å². The van der Waals surface area contributed by atoms with E-state index in [0.717, 1.165) is 69.0 Å². The number of piperidine rings is 1. The van der Waals surface area contributed by atoms with E-state index >= 15 is 0 Å². The number of carboxylic acid groups (broad SMARTS) is 1. The molecule has 7 heteroatoms. The third-order valence-corrected chi connectivity index (χ3v) is 9.99. The third-order valence-electron chi connectivity index (χ3n) is 9.99. The van der Waals surface area contributed by atoms with Crippen LogP contribution in [0.15, 0.2) is 54.9 Å². The van der Waals surface area contributed by atoms with E-state index < -0.39 is 12.0 Å². The van der Waals surface area contributed by atoms with Crippen LogP contribution in [0.2, 0.25) is 0 Å². The van der Waals surface area contributed by atoms with Gasteiger partial charge in [0, 0.05) is 32.1 Å². The molecule has 1 aliphatic carbocycles. The van der Waals surface area contributed by atoms with E-state index in [1.807, 2.05) is 18.5 Å². The molecule has 3 aliphatic rings. The fourth-order valence-electron chi connectivity index (χ4n) is 7.44. The SMILES string of the molecule is O=C(O)C(CC1CCC1)N1C[C@H](CN2CCC(CCCn3cnc4ccccc43)CC2)[C@@H](c2cccc(F)c2)C1. The standard InChI is InChI=1S/C33H43FN4O2/c34-28-10-4-9-26(19-28)29-22-38(32(33(39)40)18-25-6-3-7-25)21-27(29)20-36-16-13-24(14-17-36)8-5-15-37-23-35-30-11-1-2-12-31(30)37/h1-2,4,9-12,19,23-25,27,29,32H,3,5-8,13-18,20-22H2,(H,39,40)/t27-,29+,32?/m0/s1. The second kappa shape index (κ2) is 12.4. The molecule has 3 heterocycles. The molecule has 0 amide bonds.